The number of rotatable bonds is 4. The Morgan fingerprint density at radius 3 is 2.60 bits per heavy atom. The van der Waals surface area contributed by atoms with Crippen LogP contribution >= 0.6 is 0 Å². The SMILES string of the molecule is CCOc1ccc(/C=N\n2cnnc2)c2ccccc12. The molecular weight excluding hydrogens is 252 g/mol. The third kappa shape index (κ3) is 2.38. The Labute approximate surface area is 116 Å². The maximum absolute atomic E-state index is 5.65. The molecule has 0 saturated carbocycles. The van der Waals surface area contributed by atoms with Gasteiger partial charge in [-0.25, -0.2) is 4.68 Å². The van der Waals surface area contributed by atoms with Crippen molar-refractivity contribution in [1.82, 2.24) is 14.9 Å². The van der Waals surface area contributed by atoms with E-state index >= 15 is 0 Å². The molecule has 0 atom stereocenters. The van der Waals surface area contributed by atoms with Crippen molar-refractivity contribution >= 4 is 17.0 Å². The molecule has 0 bridgehead atoms. The van der Waals surface area contributed by atoms with E-state index in [0.29, 0.717) is 6.61 Å². The molecule has 3 aromatic rings. The molecule has 0 N–H and O–H groups in total. The van der Waals surface area contributed by atoms with E-state index in [1.807, 2.05) is 31.2 Å². The van der Waals surface area contributed by atoms with Crippen LogP contribution in [0.5, 0.6) is 5.75 Å². The third-order valence-electron chi connectivity index (χ3n) is 2.95. The minimum atomic E-state index is 0.651. The highest BCUT2D eigenvalue weighted by molar-refractivity contribution is 6.02. The fourth-order valence-corrected chi connectivity index (χ4v) is 2.07. The maximum Gasteiger partial charge on any atom is 0.141 e. The van der Waals surface area contributed by atoms with Crippen LogP contribution in [0, 0.1) is 0 Å². The van der Waals surface area contributed by atoms with Crippen LogP contribution in [0.25, 0.3) is 10.8 Å². The second-order valence-electron chi connectivity index (χ2n) is 4.22. The van der Waals surface area contributed by atoms with Crippen LogP contribution < -0.4 is 4.74 Å². The molecule has 3 rings (SSSR count). The molecule has 0 spiro atoms. The van der Waals surface area contributed by atoms with E-state index in [0.717, 1.165) is 22.1 Å². The molecule has 0 aliphatic heterocycles. The van der Waals surface area contributed by atoms with Gasteiger partial charge in [0.15, 0.2) is 0 Å². The maximum atomic E-state index is 5.65. The van der Waals surface area contributed by atoms with E-state index in [1.165, 1.54) is 0 Å². The Morgan fingerprint density at radius 2 is 1.85 bits per heavy atom. The summed E-state index contributed by atoms with van der Waals surface area (Å²) in [6, 6.07) is 12.1. The van der Waals surface area contributed by atoms with E-state index in [4.69, 9.17) is 4.74 Å². The number of hydrogen-bond acceptors (Lipinski definition) is 4. The lowest BCUT2D eigenvalue weighted by molar-refractivity contribution is 0.344. The van der Waals surface area contributed by atoms with Crippen LogP contribution in [0.2, 0.25) is 0 Å². The Hall–Kier alpha value is -2.69. The van der Waals surface area contributed by atoms with E-state index in [9.17, 15) is 0 Å². The Balaban J connectivity index is 2.06. The van der Waals surface area contributed by atoms with Gasteiger partial charge in [0.2, 0.25) is 0 Å². The fraction of sp³-hybridized carbons (Fsp3) is 0.133. The van der Waals surface area contributed by atoms with Crippen molar-refractivity contribution in [1.29, 1.82) is 0 Å². The lowest BCUT2D eigenvalue weighted by Gasteiger charge is -2.09. The van der Waals surface area contributed by atoms with E-state index in [2.05, 4.69) is 27.4 Å². The Kier molecular flexibility index (Phi) is 3.41. The molecule has 1 aromatic heterocycles. The van der Waals surface area contributed by atoms with Gasteiger partial charge >= 0.3 is 0 Å². The van der Waals surface area contributed by atoms with Crippen molar-refractivity contribution in [3.63, 3.8) is 0 Å². The van der Waals surface area contributed by atoms with Crippen molar-refractivity contribution in [2.45, 2.75) is 6.92 Å². The largest absolute Gasteiger partial charge is 0.493 e. The molecule has 1 heterocycles. The van der Waals surface area contributed by atoms with Gasteiger partial charge in [-0.05, 0) is 24.4 Å². The van der Waals surface area contributed by atoms with Crippen molar-refractivity contribution in [2.75, 3.05) is 6.61 Å². The summed E-state index contributed by atoms with van der Waals surface area (Å²) in [5.74, 6) is 0.893. The van der Waals surface area contributed by atoms with E-state index in [-0.39, 0.29) is 0 Å². The molecule has 20 heavy (non-hydrogen) atoms. The molecule has 0 radical (unpaired) electrons. The summed E-state index contributed by atoms with van der Waals surface area (Å²) in [6.45, 7) is 2.63. The van der Waals surface area contributed by atoms with E-state index in [1.54, 1.807) is 23.5 Å². The summed E-state index contributed by atoms with van der Waals surface area (Å²) in [5, 5.41) is 13.9. The zero-order valence-corrected chi connectivity index (χ0v) is 11.1. The molecule has 5 heteroatoms. The second-order valence-corrected chi connectivity index (χ2v) is 4.22. The minimum absolute atomic E-state index is 0.651. The van der Waals surface area contributed by atoms with E-state index < -0.39 is 0 Å². The van der Waals surface area contributed by atoms with Crippen LogP contribution in [0.15, 0.2) is 54.2 Å². The molecule has 0 aliphatic carbocycles. The van der Waals surface area contributed by atoms with Gasteiger partial charge in [-0.2, -0.15) is 5.10 Å². The van der Waals surface area contributed by atoms with Crippen molar-refractivity contribution in [3.05, 3.63) is 54.6 Å². The highest BCUT2D eigenvalue weighted by Gasteiger charge is 2.04. The zero-order valence-electron chi connectivity index (χ0n) is 11.1. The molecule has 0 saturated heterocycles. The number of ether oxygens (including phenoxy) is 1. The van der Waals surface area contributed by atoms with Gasteiger partial charge in [-0.1, -0.05) is 24.3 Å². The van der Waals surface area contributed by atoms with Crippen molar-refractivity contribution in [3.8, 4) is 5.75 Å². The molecule has 0 fully saturated rings. The fourth-order valence-electron chi connectivity index (χ4n) is 2.07. The van der Waals surface area contributed by atoms with Gasteiger partial charge in [0.1, 0.15) is 18.4 Å². The molecule has 100 valence electrons. The van der Waals surface area contributed by atoms with Crippen LogP contribution in [-0.4, -0.2) is 27.7 Å². The average molecular weight is 266 g/mol. The normalized spacial score (nSPS) is 11.2. The average Bonchev–Trinajstić information content (AvgIpc) is 3.00. The molecule has 0 aliphatic rings. The first-order valence-electron chi connectivity index (χ1n) is 6.42. The lowest BCUT2D eigenvalue weighted by Crippen LogP contribution is -1.95. The summed E-state index contributed by atoms with van der Waals surface area (Å²) in [6.07, 6.45) is 4.89. The van der Waals surface area contributed by atoms with Crippen molar-refractivity contribution in [2.24, 2.45) is 5.10 Å². The standard InChI is InChI=1S/C15H14N4O/c1-2-20-15-8-7-12(9-18-19-10-16-17-11-19)13-5-3-4-6-14(13)15/h3-11H,2H2,1H3/b18-9-. The van der Waals surface area contributed by atoms with Gasteiger partial charge in [0.25, 0.3) is 0 Å². The summed E-state index contributed by atoms with van der Waals surface area (Å²) < 4.78 is 7.22. The van der Waals surface area contributed by atoms with Crippen LogP contribution in [0.4, 0.5) is 0 Å². The van der Waals surface area contributed by atoms with Gasteiger partial charge in [0.05, 0.1) is 12.8 Å². The first-order chi connectivity index (χ1) is 9.88. The Bertz CT molecular complexity index is 735. The molecule has 5 nitrogen and oxygen atoms in total. The summed E-state index contributed by atoms with van der Waals surface area (Å²) in [4.78, 5) is 0. The lowest BCUT2D eigenvalue weighted by atomic mass is 10.0. The predicted octanol–water partition coefficient (Wildman–Crippen LogP) is 2.71. The van der Waals surface area contributed by atoms with Gasteiger partial charge in [-0.3, -0.25) is 0 Å². The topological polar surface area (TPSA) is 52.3 Å². The second kappa shape index (κ2) is 5.52. The number of nitrogens with zero attached hydrogens (tertiary/aromatic N) is 4. The van der Waals surface area contributed by atoms with Crippen LogP contribution in [0.3, 0.4) is 0 Å². The quantitative estimate of drug-likeness (QED) is 0.682. The first kappa shape index (κ1) is 12.3. The smallest absolute Gasteiger partial charge is 0.141 e. The highest BCUT2D eigenvalue weighted by atomic mass is 16.5. The third-order valence-corrected chi connectivity index (χ3v) is 2.95. The highest BCUT2D eigenvalue weighted by Crippen LogP contribution is 2.27. The molecule has 2 aromatic carbocycles. The van der Waals surface area contributed by atoms with Crippen molar-refractivity contribution < 1.29 is 4.74 Å². The number of aromatic nitrogens is 3. The number of hydrogen-bond donors (Lipinski definition) is 0. The monoisotopic (exact) mass is 266 g/mol. The van der Waals surface area contributed by atoms with Crippen LogP contribution in [0.1, 0.15) is 12.5 Å². The Morgan fingerprint density at radius 1 is 1.10 bits per heavy atom. The number of benzene rings is 2. The van der Waals surface area contributed by atoms with Gasteiger partial charge in [0, 0.05) is 10.9 Å². The van der Waals surface area contributed by atoms with Gasteiger partial charge in [-0.15, -0.1) is 10.2 Å². The summed E-state index contributed by atoms with van der Waals surface area (Å²) >= 11 is 0. The minimum Gasteiger partial charge on any atom is -0.493 e. The first-order valence-corrected chi connectivity index (χ1v) is 6.42. The predicted molar refractivity (Wildman–Crippen MR) is 78.1 cm³/mol. The molecule has 0 unspecified atom stereocenters. The van der Waals surface area contributed by atoms with Crippen LogP contribution in [-0.2, 0) is 0 Å². The van der Waals surface area contributed by atoms with Gasteiger partial charge < -0.3 is 4.74 Å². The summed E-state index contributed by atoms with van der Waals surface area (Å²) in [5.41, 5.74) is 1.03. The number of fused-ring (bicyclic) bond motifs is 1. The zero-order chi connectivity index (χ0) is 13.8. The molecular formula is C15H14N4O. The summed E-state index contributed by atoms with van der Waals surface area (Å²) in [7, 11) is 0. The molecule has 0 amide bonds.